The van der Waals surface area contributed by atoms with Gasteiger partial charge in [0.25, 0.3) is 0 Å². The minimum atomic E-state index is -3.41. The lowest BCUT2D eigenvalue weighted by Crippen LogP contribution is -2.33. The Morgan fingerprint density at radius 2 is 2.19 bits per heavy atom. The summed E-state index contributed by atoms with van der Waals surface area (Å²) in [6.45, 7) is 2.40. The highest BCUT2D eigenvalue weighted by Gasteiger charge is 2.20. The number of methoxy groups -OCH3 is 1. The third-order valence-electron chi connectivity index (χ3n) is 3.41. The van der Waals surface area contributed by atoms with Crippen LogP contribution >= 0.6 is 0 Å². The third kappa shape index (κ3) is 3.95. The molecule has 0 bridgehead atoms. The molecule has 0 spiro atoms. The number of ether oxygens (including phenoxy) is 1. The number of aryl methyl sites for hydroxylation is 1. The van der Waals surface area contributed by atoms with Gasteiger partial charge in [0.05, 0.1) is 12.4 Å². The van der Waals surface area contributed by atoms with Gasteiger partial charge in [-0.15, -0.1) is 0 Å². The molecule has 1 N–H and O–H groups in total. The van der Waals surface area contributed by atoms with Gasteiger partial charge in [-0.25, -0.2) is 8.42 Å². The first-order valence-electron chi connectivity index (χ1n) is 6.83. The van der Waals surface area contributed by atoms with Gasteiger partial charge in [0, 0.05) is 32.0 Å². The van der Waals surface area contributed by atoms with Crippen LogP contribution in [0.15, 0.2) is 18.2 Å². The molecule has 2 rings (SSSR count). The average molecular weight is 312 g/mol. The van der Waals surface area contributed by atoms with Crippen molar-refractivity contribution in [1.29, 1.82) is 0 Å². The van der Waals surface area contributed by atoms with Crippen molar-refractivity contribution in [2.24, 2.45) is 0 Å². The van der Waals surface area contributed by atoms with Crippen LogP contribution in [0.4, 0.5) is 11.4 Å². The van der Waals surface area contributed by atoms with E-state index in [1.807, 2.05) is 0 Å². The Kier molecular flexibility index (Phi) is 4.84. The topological polar surface area (TPSA) is 75.7 Å². The molecule has 0 saturated heterocycles. The van der Waals surface area contributed by atoms with Crippen LogP contribution in [-0.2, 0) is 26.0 Å². The molecule has 0 atom stereocenters. The van der Waals surface area contributed by atoms with E-state index in [-0.39, 0.29) is 18.3 Å². The van der Waals surface area contributed by atoms with Gasteiger partial charge in [0.2, 0.25) is 15.9 Å². The summed E-state index contributed by atoms with van der Waals surface area (Å²) in [5, 5.41) is 0. The minimum absolute atomic E-state index is 0.00405. The Morgan fingerprint density at radius 1 is 1.43 bits per heavy atom. The number of hydrogen-bond donors (Lipinski definition) is 1. The normalized spacial score (nSPS) is 14.7. The van der Waals surface area contributed by atoms with Crippen molar-refractivity contribution in [1.82, 2.24) is 0 Å². The summed E-state index contributed by atoms with van der Waals surface area (Å²) in [4.78, 5) is 13.3. The summed E-state index contributed by atoms with van der Waals surface area (Å²) in [7, 11) is -1.95. The first-order valence-corrected chi connectivity index (χ1v) is 8.48. The van der Waals surface area contributed by atoms with Crippen LogP contribution in [0, 0.1) is 0 Å². The second-order valence-electron chi connectivity index (χ2n) is 5.03. The number of fused-ring (bicyclic) bond motifs is 1. The molecular weight excluding hydrogens is 292 g/mol. The molecule has 1 aromatic rings. The fraction of sp³-hybridized carbons (Fsp3) is 0.500. The molecular formula is C14H20N2O4S. The molecule has 6 nitrogen and oxygen atoms in total. The smallest absolute Gasteiger partial charge is 0.234 e. The number of anilines is 2. The maximum absolute atomic E-state index is 11.8. The van der Waals surface area contributed by atoms with Crippen molar-refractivity contribution in [3.05, 3.63) is 23.8 Å². The second-order valence-corrected chi connectivity index (χ2v) is 6.87. The first-order chi connectivity index (χ1) is 9.93. The van der Waals surface area contributed by atoms with Crippen molar-refractivity contribution in [3.63, 3.8) is 0 Å². The molecule has 0 unspecified atom stereocenters. The maximum Gasteiger partial charge on any atom is 0.234 e. The molecule has 1 amide bonds. The van der Waals surface area contributed by atoms with Gasteiger partial charge in [0.1, 0.15) is 0 Å². The molecule has 1 aliphatic heterocycles. The molecule has 7 heteroatoms. The highest BCUT2D eigenvalue weighted by molar-refractivity contribution is 7.92. The number of sulfonamides is 1. The van der Waals surface area contributed by atoms with E-state index in [2.05, 4.69) is 4.72 Å². The lowest BCUT2D eigenvalue weighted by Gasteiger charge is -2.29. The largest absolute Gasteiger partial charge is 0.384 e. The van der Waals surface area contributed by atoms with Crippen LogP contribution in [0.3, 0.4) is 0 Å². The second kappa shape index (κ2) is 6.44. The fourth-order valence-electron chi connectivity index (χ4n) is 2.41. The first kappa shape index (κ1) is 15.8. The number of carbonyl (C=O) groups excluding carboxylic acids is 1. The van der Waals surface area contributed by atoms with Gasteiger partial charge in [-0.05, 0) is 36.6 Å². The number of benzene rings is 1. The Hall–Kier alpha value is -1.60. The van der Waals surface area contributed by atoms with Crippen molar-refractivity contribution >= 4 is 27.3 Å². The van der Waals surface area contributed by atoms with Crippen LogP contribution in [0.2, 0.25) is 0 Å². The van der Waals surface area contributed by atoms with E-state index >= 15 is 0 Å². The predicted octanol–water partition coefficient (Wildman–Crippen LogP) is 1.37. The predicted molar refractivity (Wildman–Crippen MR) is 82.1 cm³/mol. The maximum atomic E-state index is 11.8. The van der Waals surface area contributed by atoms with Crippen LogP contribution in [0.25, 0.3) is 0 Å². The van der Waals surface area contributed by atoms with E-state index in [4.69, 9.17) is 4.74 Å². The SMILES string of the molecule is COCCS(=O)(=O)Nc1ccc2c(c1)CCCN2C(C)=O. The number of nitrogens with one attached hydrogen (secondary N) is 1. The van der Waals surface area contributed by atoms with E-state index in [1.54, 1.807) is 23.1 Å². The van der Waals surface area contributed by atoms with E-state index < -0.39 is 10.0 Å². The summed E-state index contributed by atoms with van der Waals surface area (Å²) in [6.07, 6.45) is 1.72. The average Bonchev–Trinajstić information content (AvgIpc) is 2.43. The monoisotopic (exact) mass is 312 g/mol. The summed E-state index contributed by atoms with van der Waals surface area (Å²) in [5.74, 6) is -0.0791. The molecule has 1 aliphatic rings. The highest BCUT2D eigenvalue weighted by Crippen LogP contribution is 2.30. The van der Waals surface area contributed by atoms with Gasteiger partial charge in [-0.3, -0.25) is 9.52 Å². The van der Waals surface area contributed by atoms with Gasteiger partial charge in [-0.1, -0.05) is 0 Å². The van der Waals surface area contributed by atoms with Crippen molar-refractivity contribution in [2.45, 2.75) is 19.8 Å². The van der Waals surface area contributed by atoms with Gasteiger partial charge < -0.3 is 9.64 Å². The zero-order chi connectivity index (χ0) is 15.5. The van der Waals surface area contributed by atoms with Crippen LogP contribution in [0.5, 0.6) is 0 Å². The number of carbonyl (C=O) groups is 1. The molecule has 0 saturated carbocycles. The lowest BCUT2D eigenvalue weighted by atomic mass is 10.0. The van der Waals surface area contributed by atoms with E-state index in [0.29, 0.717) is 12.2 Å². The Balaban J connectivity index is 2.20. The molecule has 116 valence electrons. The standard InChI is InChI=1S/C14H20N2O4S/c1-11(17)16-7-3-4-12-10-13(5-6-14(12)16)15-21(18,19)9-8-20-2/h5-6,10,15H,3-4,7-9H2,1-2H3. The number of hydrogen-bond acceptors (Lipinski definition) is 4. The number of amides is 1. The van der Waals surface area contributed by atoms with Crippen molar-refractivity contribution < 1.29 is 17.9 Å². The summed E-state index contributed by atoms with van der Waals surface area (Å²) >= 11 is 0. The highest BCUT2D eigenvalue weighted by atomic mass is 32.2. The van der Waals surface area contributed by atoms with Crippen molar-refractivity contribution in [3.8, 4) is 0 Å². The summed E-state index contributed by atoms with van der Waals surface area (Å²) < 4.78 is 31.0. The van der Waals surface area contributed by atoms with Gasteiger partial charge >= 0.3 is 0 Å². The van der Waals surface area contributed by atoms with Gasteiger partial charge in [0.15, 0.2) is 0 Å². The van der Waals surface area contributed by atoms with E-state index in [1.165, 1.54) is 14.0 Å². The number of nitrogens with zero attached hydrogens (tertiary/aromatic N) is 1. The molecule has 21 heavy (non-hydrogen) atoms. The zero-order valence-corrected chi connectivity index (χ0v) is 13.1. The van der Waals surface area contributed by atoms with Crippen LogP contribution in [-0.4, -0.2) is 40.3 Å². The molecule has 0 aliphatic carbocycles. The fourth-order valence-corrected chi connectivity index (χ4v) is 3.39. The third-order valence-corrected chi connectivity index (χ3v) is 4.66. The van der Waals surface area contributed by atoms with Crippen molar-refractivity contribution in [2.75, 3.05) is 35.6 Å². The molecule has 1 heterocycles. The molecule has 0 radical (unpaired) electrons. The molecule has 0 aromatic heterocycles. The molecule has 1 aromatic carbocycles. The Morgan fingerprint density at radius 3 is 2.86 bits per heavy atom. The van der Waals surface area contributed by atoms with Gasteiger partial charge in [-0.2, -0.15) is 0 Å². The quantitative estimate of drug-likeness (QED) is 0.891. The minimum Gasteiger partial charge on any atom is -0.384 e. The number of rotatable bonds is 5. The Labute approximate surface area is 125 Å². The Bertz CT molecular complexity index is 628. The van der Waals surface area contributed by atoms with E-state index in [0.717, 1.165) is 24.1 Å². The zero-order valence-electron chi connectivity index (χ0n) is 12.3. The molecule has 0 fully saturated rings. The summed E-state index contributed by atoms with van der Waals surface area (Å²) in [6, 6.07) is 5.28. The lowest BCUT2D eigenvalue weighted by molar-refractivity contribution is -0.116. The van der Waals surface area contributed by atoms with Crippen LogP contribution in [0.1, 0.15) is 18.9 Å². The van der Waals surface area contributed by atoms with E-state index in [9.17, 15) is 13.2 Å². The summed E-state index contributed by atoms with van der Waals surface area (Å²) in [5.41, 5.74) is 2.38. The van der Waals surface area contributed by atoms with Crippen LogP contribution < -0.4 is 9.62 Å².